The van der Waals surface area contributed by atoms with Crippen LogP contribution in [-0.4, -0.2) is 53.9 Å². The van der Waals surface area contributed by atoms with Gasteiger partial charge in [-0.1, -0.05) is 30.3 Å². The van der Waals surface area contributed by atoms with Gasteiger partial charge in [-0.3, -0.25) is 4.90 Å². The van der Waals surface area contributed by atoms with Crippen LogP contribution in [0.15, 0.2) is 47.9 Å². The lowest BCUT2D eigenvalue weighted by molar-refractivity contribution is 0.105. The van der Waals surface area contributed by atoms with E-state index in [1.165, 1.54) is 10.8 Å². The van der Waals surface area contributed by atoms with E-state index in [0.717, 1.165) is 18.4 Å². The number of hydrogen-bond donors (Lipinski definition) is 1. The molecule has 0 saturated heterocycles. The summed E-state index contributed by atoms with van der Waals surface area (Å²) in [6.07, 6.45) is 3.43. The van der Waals surface area contributed by atoms with E-state index in [4.69, 9.17) is 0 Å². The van der Waals surface area contributed by atoms with Gasteiger partial charge in [-0.05, 0) is 12.6 Å². The van der Waals surface area contributed by atoms with Crippen molar-refractivity contribution in [1.82, 2.24) is 14.5 Å². The first-order valence-electron chi connectivity index (χ1n) is 6.98. The van der Waals surface area contributed by atoms with Crippen LogP contribution in [0.1, 0.15) is 5.56 Å². The van der Waals surface area contributed by atoms with E-state index >= 15 is 0 Å². The maximum absolute atomic E-state index is 11.6. The van der Waals surface area contributed by atoms with Crippen molar-refractivity contribution in [3.05, 3.63) is 48.3 Å². The zero-order chi connectivity index (χ0) is 16.2. The molecule has 1 heterocycles. The number of likely N-dealkylation sites (N-methyl/N-ethyl adjacent to an activating group) is 1. The zero-order valence-electron chi connectivity index (χ0n) is 12.8. The van der Waals surface area contributed by atoms with Crippen LogP contribution in [0.2, 0.25) is 0 Å². The molecule has 0 unspecified atom stereocenters. The molecule has 2 aromatic rings. The maximum Gasteiger partial charge on any atom is 0.227 e. The second-order valence-electron chi connectivity index (χ2n) is 5.47. The summed E-state index contributed by atoms with van der Waals surface area (Å²) in [4.78, 5) is 5.83. The van der Waals surface area contributed by atoms with Crippen molar-refractivity contribution in [1.29, 1.82) is 0 Å². The quantitative estimate of drug-likeness (QED) is 0.815. The molecule has 1 N–H and O–H groups in total. The van der Waals surface area contributed by atoms with Crippen molar-refractivity contribution < 1.29 is 13.5 Å². The number of nitrogens with zero attached hydrogens (tertiary/aromatic N) is 3. The number of aliphatic hydroxyl groups is 1. The maximum atomic E-state index is 11.6. The van der Waals surface area contributed by atoms with Crippen LogP contribution < -0.4 is 0 Å². The minimum Gasteiger partial charge on any atom is -0.390 e. The van der Waals surface area contributed by atoms with E-state index in [2.05, 4.69) is 4.98 Å². The molecule has 0 saturated carbocycles. The summed E-state index contributed by atoms with van der Waals surface area (Å²) in [7, 11) is -1.47. The molecule has 0 radical (unpaired) electrons. The van der Waals surface area contributed by atoms with Crippen LogP contribution in [0.25, 0.3) is 0 Å². The van der Waals surface area contributed by atoms with E-state index in [0.29, 0.717) is 6.54 Å². The number of benzene rings is 1. The van der Waals surface area contributed by atoms with Crippen molar-refractivity contribution in [2.75, 3.05) is 19.8 Å². The van der Waals surface area contributed by atoms with Gasteiger partial charge in [0.05, 0.1) is 12.6 Å². The Morgan fingerprint density at radius 1 is 1.32 bits per heavy atom. The van der Waals surface area contributed by atoms with Crippen LogP contribution >= 0.6 is 0 Å². The Labute approximate surface area is 130 Å². The molecule has 0 spiro atoms. The van der Waals surface area contributed by atoms with E-state index < -0.39 is 15.9 Å². The standard InChI is InChI=1S/C15H21N3O3S/c1-17(10-13-6-4-3-5-7-13)11-14(19)12-18-9-8-16-15(18)22(2,20)21/h3-9,14,19H,10-12H2,1-2H3/t14-/m0/s1. The van der Waals surface area contributed by atoms with Gasteiger partial charge >= 0.3 is 0 Å². The van der Waals surface area contributed by atoms with Crippen LogP contribution in [-0.2, 0) is 22.9 Å². The Kier molecular flexibility index (Phi) is 5.33. The normalized spacial score (nSPS) is 13.5. The number of sulfone groups is 1. The van der Waals surface area contributed by atoms with Gasteiger partial charge in [-0.2, -0.15) is 0 Å². The number of hydrogen-bond acceptors (Lipinski definition) is 5. The molecule has 0 bridgehead atoms. The van der Waals surface area contributed by atoms with E-state index in [9.17, 15) is 13.5 Å². The average Bonchev–Trinajstić information content (AvgIpc) is 2.87. The largest absolute Gasteiger partial charge is 0.390 e. The topological polar surface area (TPSA) is 75.4 Å². The van der Waals surface area contributed by atoms with Crippen molar-refractivity contribution >= 4 is 9.84 Å². The van der Waals surface area contributed by atoms with Gasteiger partial charge in [0, 0.05) is 31.7 Å². The van der Waals surface area contributed by atoms with Crippen molar-refractivity contribution in [3.8, 4) is 0 Å². The van der Waals surface area contributed by atoms with Crippen LogP contribution in [0.5, 0.6) is 0 Å². The molecule has 0 aliphatic rings. The van der Waals surface area contributed by atoms with Crippen molar-refractivity contribution in [2.24, 2.45) is 0 Å². The molecule has 0 aliphatic carbocycles. The lowest BCUT2D eigenvalue weighted by Gasteiger charge is -2.21. The molecule has 0 fully saturated rings. The van der Waals surface area contributed by atoms with Gasteiger partial charge in [0.1, 0.15) is 0 Å². The molecule has 1 atom stereocenters. The Hall–Kier alpha value is -1.70. The van der Waals surface area contributed by atoms with Crippen LogP contribution in [0.4, 0.5) is 0 Å². The summed E-state index contributed by atoms with van der Waals surface area (Å²) in [5.41, 5.74) is 1.16. The lowest BCUT2D eigenvalue weighted by Crippen LogP contribution is -2.32. The molecule has 2 rings (SSSR count). The minimum atomic E-state index is -3.39. The summed E-state index contributed by atoms with van der Waals surface area (Å²) in [6, 6.07) is 9.97. The minimum absolute atomic E-state index is 0.0164. The molecule has 0 amide bonds. The zero-order valence-corrected chi connectivity index (χ0v) is 13.6. The van der Waals surface area contributed by atoms with Crippen LogP contribution in [0, 0.1) is 0 Å². The van der Waals surface area contributed by atoms with Crippen molar-refractivity contribution in [3.63, 3.8) is 0 Å². The number of aromatic nitrogens is 2. The van der Waals surface area contributed by atoms with Crippen molar-refractivity contribution in [2.45, 2.75) is 24.3 Å². The lowest BCUT2D eigenvalue weighted by atomic mass is 10.2. The van der Waals surface area contributed by atoms with Gasteiger partial charge in [0.2, 0.25) is 15.0 Å². The van der Waals surface area contributed by atoms with E-state index in [1.807, 2.05) is 42.3 Å². The summed E-state index contributed by atoms with van der Waals surface area (Å²) < 4.78 is 24.6. The molecular weight excluding hydrogens is 302 g/mol. The van der Waals surface area contributed by atoms with Gasteiger partial charge in [0.15, 0.2) is 0 Å². The third-order valence-electron chi connectivity index (χ3n) is 3.23. The Morgan fingerprint density at radius 2 is 2.00 bits per heavy atom. The number of aliphatic hydroxyl groups excluding tert-OH is 1. The molecule has 120 valence electrons. The fraction of sp³-hybridized carbons (Fsp3) is 0.400. The summed E-state index contributed by atoms with van der Waals surface area (Å²) >= 11 is 0. The highest BCUT2D eigenvalue weighted by Crippen LogP contribution is 2.08. The number of rotatable bonds is 7. The summed E-state index contributed by atoms with van der Waals surface area (Å²) in [5.74, 6) is 0. The molecule has 1 aromatic carbocycles. The number of imidazole rings is 1. The Balaban J connectivity index is 1.93. The Bertz CT molecular complexity index is 698. The first-order chi connectivity index (χ1) is 10.4. The van der Waals surface area contributed by atoms with E-state index in [1.54, 1.807) is 6.20 Å². The molecule has 7 heteroatoms. The summed E-state index contributed by atoms with van der Waals surface area (Å²) in [6.45, 7) is 1.36. The van der Waals surface area contributed by atoms with Gasteiger partial charge < -0.3 is 9.67 Å². The average molecular weight is 323 g/mol. The Morgan fingerprint density at radius 3 is 2.64 bits per heavy atom. The van der Waals surface area contributed by atoms with Gasteiger partial charge in [0.25, 0.3) is 0 Å². The summed E-state index contributed by atoms with van der Waals surface area (Å²) in [5, 5.41) is 10.2. The fourth-order valence-electron chi connectivity index (χ4n) is 2.37. The highest BCUT2D eigenvalue weighted by molar-refractivity contribution is 7.90. The van der Waals surface area contributed by atoms with Gasteiger partial charge in [-0.15, -0.1) is 0 Å². The first-order valence-corrected chi connectivity index (χ1v) is 8.87. The molecular formula is C15H21N3O3S. The second kappa shape index (κ2) is 7.04. The van der Waals surface area contributed by atoms with Gasteiger partial charge in [-0.25, -0.2) is 13.4 Å². The predicted molar refractivity (Wildman–Crippen MR) is 84.1 cm³/mol. The second-order valence-corrected chi connectivity index (χ2v) is 7.38. The monoisotopic (exact) mass is 323 g/mol. The third kappa shape index (κ3) is 4.66. The molecule has 1 aromatic heterocycles. The first kappa shape index (κ1) is 16.7. The van der Waals surface area contributed by atoms with Crippen LogP contribution in [0.3, 0.4) is 0 Å². The van der Waals surface area contributed by atoms with E-state index in [-0.39, 0.29) is 11.7 Å². The molecule has 6 nitrogen and oxygen atoms in total. The SMILES string of the molecule is CN(Cc1ccccc1)C[C@H](O)Cn1ccnc1S(C)(=O)=O. The highest BCUT2D eigenvalue weighted by Gasteiger charge is 2.17. The fourth-order valence-corrected chi connectivity index (χ4v) is 3.18. The smallest absolute Gasteiger partial charge is 0.227 e. The predicted octanol–water partition coefficient (Wildman–Crippen LogP) is 0.780. The third-order valence-corrected chi connectivity index (χ3v) is 4.24. The highest BCUT2D eigenvalue weighted by atomic mass is 32.2. The molecule has 0 aliphatic heterocycles. The molecule has 22 heavy (non-hydrogen) atoms.